The molecule has 1 heterocycles. The summed E-state index contributed by atoms with van der Waals surface area (Å²) >= 11 is 5.97. The molecule has 0 bridgehead atoms. The summed E-state index contributed by atoms with van der Waals surface area (Å²) in [6, 6.07) is 6.71. The lowest BCUT2D eigenvalue weighted by Crippen LogP contribution is -2.31. The summed E-state index contributed by atoms with van der Waals surface area (Å²) in [4.78, 5) is 12.0. The zero-order valence-electron chi connectivity index (χ0n) is 12.8. The number of nitrogens with one attached hydrogen (secondary N) is 1. The fraction of sp³-hybridized carbons (Fsp3) is 0.400. The van der Waals surface area contributed by atoms with Crippen LogP contribution < -0.4 is 5.32 Å². The number of hydrogen-bond donors (Lipinski definition) is 2. The maximum atomic E-state index is 12.0. The number of benzene rings is 1. The minimum Gasteiger partial charge on any atom is -0.383 e. The zero-order valence-corrected chi connectivity index (χ0v) is 13.5. The van der Waals surface area contributed by atoms with Crippen LogP contribution in [0.1, 0.15) is 17.5 Å². The molecular weight excluding hydrogens is 320 g/mol. The van der Waals surface area contributed by atoms with Crippen LogP contribution in [-0.4, -0.2) is 46.0 Å². The van der Waals surface area contributed by atoms with Gasteiger partial charge in [-0.15, -0.1) is 10.2 Å². The Balaban J connectivity index is 1.85. The van der Waals surface area contributed by atoms with E-state index in [0.29, 0.717) is 36.7 Å². The van der Waals surface area contributed by atoms with Crippen molar-refractivity contribution in [1.29, 1.82) is 0 Å². The van der Waals surface area contributed by atoms with Gasteiger partial charge in [0, 0.05) is 37.2 Å². The second-order valence-electron chi connectivity index (χ2n) is 4.90. The van der Waals surface area contributed by atoms with Crippen molar-refractivity contribution in [3.63, 3.8) is 0 Å². The molecule has 23 heavy (non-hydrogen) atoms. The Hall–Kier alpha value is -1.96. The summed E-state index contributed by atoms with van der Waals surface area (Å²) < 4.78 is 6.87. The number of aliphatic hydroxyl groups is 1. The highest BCUT2D eigenvalue weighted by molar-refractivity contribution is 6.31. The first-order chi connectivity index (χ1) is 11.1. The summed E-state index contributed by atoms with van der Waals surface area (Å²) in [5.74, 6) is 0.246. The predicted molar refractivity (Wildman–Crippen MR) is 85.0 cm³/mol. The van der Waals surface area contributed by atoms with Gasteiger partial charge in [0.05, 0.1) is 6.61 Å². The van der Waals surface area contributed by atoms with Gasteiger partial charge in [0.2, 0.25) is 0 Å². The Morgan fingerprint density at radius 2 is 2.26 bits per heavy atom. The number of hydrogen-bond acceptors (Lipinski definition) is 5. The number of nitrogens with zero attached hydrogens (tertiary/aromatic N) is 3. The summed E-state index contributed by atoms with van der Waals surface area (Å²) in [5, 5.41) is 20.9. The molecule has 2 aromatic rings. The quantitative estimate of drug-likeness (QED) is 0.748. The molecule has 124 valence electrons. The molecule has 0 aliphatic heterocycles. The van der Waals surface area contributed by atoms with Crippen molar-refractivity contribution in [3.8, 4) is 0 Å². The summed E-state index contributed by atoms with van der Waals surface area (Å²) in [6.07, 6.45) is 0.828. The molecular formula is C15H19ClN4O3. The van der Waals surface area contributed by atoms with Crippen molar-refractivity contribution in [1.82, 2.24) is 20.1 Å². The van der Waals surface area contributed by atoms with Crippen molar-refractivity contribution in [2.45, 2.75) is 19.1 Å². The molecule has 0 saturated heterocycles. The molecule has 0 radical (unpaired) electrons. The summed E-state index contributed by atoms with van der Waals surface area (Å²) in [7, 11) is 1.63. The van der Waals surface area contributed by atoms with E-state index in [4.69, 9.17) is 16.3 Å². The van der Waals surface area contributed by atoms with Crippen molar-refractivity contribution < 1.29 is 14.6 Å². The van der Waals surface area contributed by atoms with Gasteiger partial charge in [0.15, 0.2) is 6.10 Å². The molecule has 8 heteroatoms. The van der Waals surface area contributed by atoms with E-state index in [0.717, 1.165) is 5.82 Å². The Morgan fingerprint density at radius 3 is 3.00 bits per heavy atom. The van der Waals surface area contributed by atoms with E-state index in [1.165, 1.54) is 0 Å². The minimum absolute atomic E-state index is 0.339. The molecule has 0 fully saturated rings. The van der Waals surface area contributed by atoms with E-state index in [9.17, 15) is 9.90 Å². The van der Waals surface area contributed by atoms with E-state index < -0.39 is 12.0 Å². The van der Waals surface area contributed by atoms with Gasteiger partial charge in [-0.05, 0) is 6.07 Å². The summed E-state index contributed by atoms with van der Waals surface area (Å²) in [5.41, 5.74) is 0.384. The first kappa shape index (κ1) is 17.4. The Labute approximate surface area is 139 Å². The molecule has 1 unspecified atom stereocenters. The number of aliphatic hydroxyl groups excluding tert-OH is 1. The topological polar surface area (TPSA) is 89.3 Å². The maximum absolute atomic E-state index is 12.0. The molecule has 0 spiro atoms. The number of aromatic nitrogens is 3. The Kier molecular flexibility index (Phi) is 6.52. The largest absolute Gasteiger partial charge is 0.383 e. The van der Waals surface area contributed by atoms with Crippen LogP contribution in [0.15, 0.2) is 30.6 Å². The fourth-order valence-corrected chi connectivity index (χ4v) is 2.32. The number of amides is 1. The van der Waals surface area contributed by atoms with E-state index in [1.807, 2.05) is 4.57 Å². The van der Waals surface area contributed by atoms with Crippen LogP contribution in [0, 0.1) is 0 Å². The molecule has 0 aliphatic rings. The highest BCUT2D eigenvalue weighted by Gasteiger charge is 2.19. The van der Waals surface area contributed by atoms with Gasteiger partial charge in [0.25, 0.3) is 5.91 Å². The molecule has 0 aliphatic carbocycles. The number of ether oxygens (including phenoxy) is 1. The number of carbonyl (C=O) groups is 1. The van der Waals surface area contributed by atoms with Crippen LogP contribution in [0.25, 0.3) is 0 Å². The lowest BCUT2D eigenvalue weighted by atomic mass is 10.1. The third kappa shape index (κ3) is 4.75. The molecule has 2 rings (SSSR count). The average molecular weight is 339 g/mol. The standard InChI is InChI=1S/C15H19ClN4O3/c1-23-9-8-20-10-18-19-13(20)6-7-17-15(22)14(21)11-4-2-3-5-12(11)16/h2-5,10,14,21H,6-9H2,1H3,(H,17,22). The third-order valence-electron chi connectivity index (χ3n) is 3.33. The lowest BCUT2D eigenvalue weighted by molar-refractivity contribution is -0.129. The molecule has 2 N–H and O–H groups in total. The van der Waals surface area contributed by atoms with Crippen molar-refractivity contribution in [2.24, 2.45) is 0 Å². The van der Waals surface area contributed by atoms with Gasteiger partial charge >= 0.3 is 0 Å². The van der Waals surface area contributed by atoms with Gasteiger partial charge < -0.3 is 19.7 Å². The van der Waals surface area contributed by atoms with E-state index in [-0.39, 0.29) is 0 Å². The molecule has 7 nitrogen and oxygen atoms in total. The number of halogens is 1. The third-order valence-corrected chi connectivity index (χ3v) is 3.67. The normalized spacial score (nSPS) is 12.1. The lowest BCUT2D eigenvalue weighted by Gasteiger charge is -2.13. The average Bonchev–Trinajstić information content (AvgIpc) is 3.00. The first-order valence-electron chi connectivity index (χ1n) is 7.19. The maximum Gasteiger partial charge on any atom is 0.253 e. The van der Waals surface area contributed by atoms with Crippen LogP contribution in [0.4, 0.5) is 0 Å². The highest BCUT2D eigenvalue weighted by Crippen LogP contribution is 2.22. The van der Waals surface area contributed by atoms with E-state index in [1.54, 1.807) is 37.7 Å². The molecule has 1 atom stereocenters. The second-order valence-corrected chi connectivity index (χ2v) is 5.31. The minimum atomic E-state index is -1.30. The van der Waals surface area contributed by atoms with E-state index >= 15 is 0 Å². The van der Waals surface area contributed by atoms with Gasteiger partial charge in [-0.3, -0.25) is 4.79 Å². The number of rotatable bonds is 8. The van der Waals surface area contributed by atoms with Crippen LogP contribution in [0.5, 0.6) is 0 Å². The summed E-state index contributed by atoms with van der Waals surface area (Å²) in [6.45, 7) is 1.55. The van der Waals surface area contributed by atoms with Gasteiger partial charge in [-0.2, -0.15) is 0 Å². The molecule has 0 saturated carbocycles. The highest BCUT2D eigenvalue weighted by atomic mass is 35.5. The van der Waals surface area contributed by atoms with E-state index in [2.05, 4.69) is 15.5 Å². The predicted octanol–water partition coefficient (Wildman–Crippen LogP) is 0.970. The number of methoxy groups -OCH3 is 1. The molecule has 1 aromatic carbocycles. The Morgan fingerprint density at radius 1 is 1.48 bits per heavy atom. The smallest absolute Gasteiger partial charge is 0.253 e. The van der Waals surface area contributed by atoms with Crippen LogP contribution in [-0.2, 0) is 22.5 Å². The van der Waals surface area contributed by atoms with Crippen LogP contribution in [0.3, 0.4) is 0 Å². The number of carbonyl (C=O) groups excluding carboxylic acids is 1. The molecule has 1 amide bonds. The Bertz CT molecular complexity index is 647. The van der Waals surface area contributed by atoms with Crippen molar-refractivity contribution >= 4 is 17.5 Å². The van der Waals surface area contributed by atoms with Gasteiger partial charge in [-0.25, -0.2) is 0 Å². The fourth-order valence-electron chi connectivity index (χ4n) is 2.08. The SMILES string of the molecule is COCCn1cnnc1CCNC(=O)C(O)c1ccccc1Cl. The zero-order chi connectivity index (χ0) is 16.7. The van der Waals surface area contributed by atoms with Crippen LogP contribution >= 0.6 is 11.6 Å². The first-order valence-corrected chi connectivity index (χ1v) is 7.57. The molecule has 1 aromatic heterocycles. The monoisotopic (exact) mass is 338 g/mol. The van der Waals surface area contributed by atoms with Crippen molar-refractivity contribution in [2.75, 3.05) is 20.3 Å². The van der Waals surface area contributed by atoms with Crippen LogP contribution in [0.2, 0.25) is 5.02 Å². The second kappa shape index (κ2) is 8.61. The van der Waals surface area contributed by atoms with Gasteiger partial charge in [-0.1, -0.05) is 29.8 Å². The van der Waals surface area contributed by atoms with Gasteiger partial charge in [0.1, 0.15) is 12.2 Å². The van der Waals surface area contributed by atoms with Crippen molar-refractivity contribution in [3.05, 3.63) is 47.0 Å².